The minimum absolute atomic E-state index is 0.139. The summed E-state index contributed by atoms with van der Waals surface area (Å²) in [7, 11) is 0. The average Bonchev–Trinajstić information content (AvgIpc) is 3.16. The summed E-state index contributed by atoms with van der Waals surface area (Å²) in [4.78, 5) is 16.1. The summed E-state index contributed by atoms with van der Waals surface area (Å²) in [6.45, 7) is 1.89. The molecule has 0 saturated carbocycles. The van der Waals surface area contributed by atoms with Gasteiger partial charge in [0.05, 0.1) is 12.7 Å². The van der Waals surface area contributed by atoms with Gasteiger partial charge in [-0.15, -0.1) is 0 Å². The first-order valence-electron chi connectivity index (χ1n) is 8.59. The SMILES string of the molecule is O=C(NCC1CCCO1)Nc1ccc(OCCc2ccccn2)cc1. The summed E-state index contributed by atoms with van der Waals surface area (Å²) in [5, 5.41) is 5.63. The van der Waals surface area contributed by atoms with Gasteiger partial charge >= 0.3 is 6.03 Å². The molecule has 1 aliphatic rings. The molecule has 1 aromatic carbocycles. The van der Waals surface area contributed by atoms with Crippen LogP contribution in [-0.4, -0.2) is 36.9 Å². The topological polar surface area (TPSA) is 72.5 Å². The standard InChI is InChI=1S/C19H23N3O3/c23-19(21-14-18-5-3-12-24-18)22-16-6-8-17(9-7-16)25-13-10-15-4-1-2-11-20-15/h1-2,4,6-9,11,18H,3,5,10,12-14H2,(H2,21,22,23). The van der Waals surface area contributed by atoms with E-state index in [4.69, 9.17) is 9.47 Å². The van der Waals surface area contributed by atoms with Gasteiger partial charge in [0.1, 0.15) is 5.75 Å². The number of urea groups is 1. The van der Waals surface area contributed by atoms with E-state index < -0.39 is 0 Å². The first kappa shape index (κ1) is 17.2. The molecule has 0 spiro atoms. The summed E-state index contributed by atoms with van der Waals surface area (Å²) < 4.78 is 11.2. The second-order valence-corrected chi connectivity index (χ2v) is 5.91. The fourth-order valence-corrected chi connectivity index (χ4v) is 2.64. The van der Waals surface area contributed by atoms with Gasteiger partial charge in [0.15, 0.2) is 0 Å². The molecule has 6 nitrogen and oxygen atoms in total. The molecule has 6 heteroatoms. The van der Waals surface area contributed by atoms with Gasteiger partial charge in [0.25, 0.3) is 0 Å². The Morgan fingerprint density at radius 1 is 1.24 bits per heavy atom. The van der Waals surface area contributed by atoms with E-state index in [-0.39, 0.29) is 12.1 Å². The minimum atomic E-state index is -0.223. The molecule has 0 bridgehead atoms. The van der Waals surface area contributed by atoms with E-state index in [0.717, 1.165) is 43.0 Å². The molecule has 2 amide bonds. The number of carbonyl (C=O) groups excluding carboxylic acids is 1. The molecule has 0 radical (unpaired) electrons. The zero-order valence-corrected chi connectivity index (χ0v) is 14.1. The molecule has 2 aromatic rings. The Bertz CT molecular complexity index is 655. The molecular formula is C19H23N3O3. The zero-order valence-electron chi connectivity index (χ0n) is 14.1. The number of carbonyl (C=O) groups is 1. The van der Waals surface area contributed by atoms with Crippen LogP contribution in [0.5, 0.6) is 5.75 Å². The van der Waals surface area contributed by atoms with Gasteiger partial charge in [0, 0.05) is 37.2 Å². The van der Waals surface area contributed by atoms with Crippen molar-refractivity contribution in [3.05, 3.63) is 54.4 Å². The van der Waals surface area contributed by atoms with E-state index in [0.29, 0.717) is 13.2 Å². The largest absolute Gasteiger partial charge is 0.493 e. The first-order valence-corrected chi connectivity index (χ1v) is 8.59. The van der Waals surface area contributed by atoms with Crippen molar-refractivity contribution in [1.82, 2.24) is 10.3 Å². The van der Waals surface area contributed by atoms with E-state index >= 15 is 0 Å². The number of benzene rings is 1. The second kappa shape index (κ2) is 9.03. The molecule has 132 valence electrons. The molecule has 2 N–H and O–H groups in total. The van der Waals surface area contributed by atoms with Crippen molar-refractivity contribution in [2.75, 3.05) is 25.1 Å². The normalized spacial score (nSPS) is 16.4. The smallest absolute Gasteiger partial charge is 0.319 e. The fraction of sp³-hybridized carbons (Fsp3) is 0.368. The highest BCUT2D eigenvalue weighted by molar-refractivity contribution is 5.89. The summed E-state index contributed by atoms with van der Waals surface area (Å²) in [6, 6.07) is 12.9. The van der Waals surface area contributed by atoms with Crippen LogP contribution in [0.1, 0.15) is 18.5 Å². The summed E-state index contributed by atoms with van der Waals surface area (Å²) in [5.41, 5.74) is 1.73. The Labute approximate surface area is 147 Å². The van der Waals surface area contributed by atoms with Crippen LogP contribution in [0.25, 0.3) is 0 Å². The fourth-order valence-electron chi connectivity index (χ4n) is 2.64. The lowest BCUT2D eigenvalue weighted by molar-refractivity contribution is 0.112. The van der Waals surface area contributed by atoms with E-state index in [2.05, 4.69) is 15.6 Å². The van der Waals surface area contributed by atoms with Gasteiger partial charge in [-0.3, -0.25) is 4.98 Å². The van der Waals surface area contributed by atoms with Crippen LogP contribution in [0.15, 0.2) is 48.7 Å². The number of nitrogens with one attached hydrogen (secondary N) is 2. The third kappa shape index (κ3) is 5.76. The maximum absolute atomic E-state index is 11.9. The number of rotatable bonds is 7. The molecule has 25 heavy (non-hydrogen) atoms. The highest BCUT2D eigenvalue weighted by Crippen LogP contribution is 2.16. The van der Waals surface area contributed by atoms with Gasteiger partial charge in [-0.1, -0.05) is 6.07 Å². The molecule has 1 saturated heterocycles. The predicted octanol–water partition coefficient (Wildman–Crippen LogP) is 3.00. The Balaban J connectivity index is 1.38. The lowest BCUT2D eigenvalue weighted by Crippen LogP contribution is -2.34. The zero-order chi connectivity index (χ0) is 17.3. The number of aromatic nitrogens is 1. The molecular weight excluding hydrogens is 318 g/mol. The Morgan fingerprint density at radius 3 is 2.84 bits per heavy atom. The van der Waals surface area contributed by atoms with Crippen LogP contribution in [0.2, 0.25) is 0 Å². The van der Waals surface area contributed by atoms with Crippen molar-refractivity contribution in [1.29, 1.82) is 0 Å². The number of amides is 2. The lowest BCUT2D eigenvalue weighted by Gasteiger charge is -2.12. The third-order valence-electron chi connectivity index (χ3n) is 3.98. The first-order chi connectivity index (χ1) is 12.3. The van der Waals surface area contributed by atoms with Crippen molar-refractivity contribution in [2.24, 2.45) is 0 Å². The summed E-state index contributed by atoms with van der Waals surface area (Å²) >= 11 is 0. The predicted molar refractivity (Wildman–Crippen MR) is 95.9 cm³/mol. The monoisotopic (exact) mass is 341 g/mol. The average molecular weight is 341 g/mol. The highest BCUT2D eigenvalue weighted by atomic mass is 16.5. The number of pyridine rings is 1. The van der Waals surface area contributed by atoms with Gasteiger partial charge in [-0.2, -0.15) is 0 Å². The number of nitrogens with zero attached hydrogens (tertiary/aromatic N) is 1. The number of hydrogen-bond acceptors (Lipinski definition) is 4. The minimum Gasteiger partial charge on any atom is -0.493 e. The van der Waals surface area contributed by atoms with Gasteiger partial charge in [0.2, 0.25) is 0 Å². The molecule has 1 aliphatic heterocycles. The molecule has 1 aromatic heterocycles. The number of ether oxygens (including phenoxy) is 2. The van der Waals surface area contributed by atoms with Crippen molar-refractivity contribution < 1.29 is 14.3 Å². The van der Waals surface area contributed by atoms with E-state index in [1.165, 1.54) is 0 Å². The molecule has 1 atom stereocenters. The van der Waals surface area contributed by atoms with Crippen LogP contribution >= 0.6 is 0 Å². The molecule has 0 aliphatic carbocycles. The van der Waals surface area contributed by atoms with Crippen molar-refractivity contribution in [3.63, 3.8) is 0 Å². The van der Waals surface area contributed by atoms with E-state index in [1.807, 2.05) is 42.5 Å². The second-order valence-electron chi connectivity index (χ2n) is 5.91. The molecule has 1 fully saturated rings. The van der Waals surface area contributed by atoms with Gasteiger partial charge in [-0.05, 0) is 49.2 Å². The Hall–Kier alpha value is -2.60. The van der Waals surface area contributed by atoms with E-state index in [9.17, 15) is 4.79 Å². The van der Waals surface area contributed by atoms with Crippen LogP contribution in [0, 0.1) is 0 Å². The molecule has 3 rings (SSSR count). The van der Waals surface area contributed by atoms with Gasteiger partial charge < -0.3 is 20.1 Å². The highest BCUT2D eigenvalue weighted by Gasteiger charge is 2.16. The van der Waals surface area contributed by atoms with Crippen molar-refractivity contribution in [2.45, 2.75) is 25.4 Å². The summed E-state index contributed by atoms with van der Waals surface area (Å²) in [5.74, 6) is 0.765. The Morgan fingerprint density at radius 2 is 2.12 bits per heavy atom. The van der Waals surface area contributed by atoms with Crippen LogP contribution in [-0.2, 0) is 11.2 Å². The summed E-state index contributed by atoms with van der Waals surface area (Å²) in [6.07, 6.45) is 4.74. The van der Waals surface area contributed by atoms with Crippen molar-refractivity contribution in [3.8, 4) is 5.75 Å². The lowest BCUT2D eigenvalue weighted by atomic mass is 10.2. The van der Waals surface area contributed by atoms with Crippen LogP contribution in [0.3, 0.4) is 0 Å². The number of anilines is 1. The Kier molecular flexibility index (Phi) is 6.23. The maximum Gasteiger partial charge on any atom is 0.319 e. The quantitative estimate of drug-likeness (QED) is 0.812. The maximum atomic E-state index is 11.9. The van der Waals surface area contributed by atoms with Crippen molar-refractivity contribution >= 4 is 11.7 Å². The molecule has 2 heterocycles. The van der Waals surface area contributed by atoms with E-state index in [1.54, 1.807) is 6.20 Å². The van der Waals surface area contributed by atoms with Crippen LogP contribution in [0.4, 0.5) is 10.5 Å². The molecule has 1 unspecified atom stereocenters. The third-order valence-corrected chi connectivity index (χ3v) is 3.98. The number of hydrogen-bond donors (Lipinski definition) is 2. The van der Waals surface area contributed by atoms with Gasteiger partial charge in [-0.25, -0.2) is 4.79 Å². The van der Waals surface area contributed by atoms with Crippen LogP contribution < -0.4 is 15.4 Å².